The molecular formula is C5H7F5N. The molecule has 0 aliphatic rings. The Morgan fingerprint density at radius 3 is 1.82 bits per heavy atom. The molecule has 0 spiro atoms. The smallest absolute Gasteiger partial charge is 0.235 e. The fraction of sp³-hybridized carbons (Fsp3) is 1.00. The van der Waals surface area contributed by atoms with E-state index in [0.29, 0.717) is 0 Å². The second-order valence-corrected chi connectivity index (χ2v) is 1.90. The Labute approximate surface area is 60.6 Å². The van der Waals surface area contributed by atoms with Crippen molar-refractivity contribution in [3.05, 3.63) is 0 Å². The SMILES string of the molecule is CC[N]CC(F)(F)C(F)(F)F. The number of hydrogen-bond donors (Lipinski definition) is 0. The molecule has 1 nitrogen and oxygen atoms in total. The van der Waals surface area contributed by atoms with E-state index >= 15 is 0 Å². The number of rotatable bonds is 3. The minimum absolute atomic E-state index is 0.0360. The van der Waals surface area contributed by atoms with Crippen LogP contribution in [0.2, 0.25) is 0 Å². The van der Waals surface area contributed by atoms with Crippen molar-refractivity contribution < 1.29 is 22.0 Å². The highest BCUT2D eigenvalue weighted by molar-refractivity contribution is 4.77. The summed E-state index contributed by atoms with van der Waals surface area (Å²) in [4.78, 5) is 0. The normalized spacial score (nSPS) is 13.6. The molecule has 67 valence electrons. The van der Waals surface area contributed by atoms with Gasteiger partial charge in [-0.05, 0) is 0 Å². The van der Waals surface area contributed by atoms with Gasteiger partial charge in [-0.15, -0.1) is 0 Å². The van der Waals surface area contributed by atoms with Gasteiger partial charge < -0.3 is 0 Å². The predicted molar refractivity (Wildman–Crippen MR) is 28.5 cm³/mol. The van der Waals surface area contributed by atoms with Gasteiger partial charge in [0.15, 0.2) is 0 Å². The first-order chi connectivity index (χ1) is 4.81. The van der Waals surface area contributed by atoms with Gasteiger partial charge in [0.25, 0.3) is 0 Å². The molecule has 0 atom stereocenters. The van der Waals surface area contributed by atoms with Gasteiger partial charge in [-0.3, -0.25) is 0 Å². The Morgan fingerprint density at radius 2 is 1.55 bits per heavy atom. The zero-order chi connectivity index (χ0) is 9.12. The summed E-state index contributed by atoms with van der Waals surface area (Å²) >= 11 is 0. The molecule has 0 fully saturated rings. The van der Waals surface area contributed by atoms with E-state index < -0.39 is 18.6 Å². The molecule has 0 unspecified atom stereocenters. The quantitative estimate of drug-likeness (QED) is 0.582. The third-order valence-corrected chi connectivity index (χ3v) is 0.949. The van der Waals surface area contributed by atoms with E-state index in [9.17, 15) is 22.0 Å². The third-order valence-electron chi connectivity index (χ3n) is 0.949. The number of nitrogens with zero attached hydrogens (tertiary/aromatic N) is 1. The molecule has 1 radical (unpaired) electrons. The number of hydrogen-bond acceptors (Lipinski definition) is 0. The lowest BCUT2D eigenvalue weighted by atomic mass is 10.3. The summed E-state index contributed by atoms with van der Waals surface area (Å²) < 4.78 is 57.8. The van der Waals surface area contributed by atoms with Gasteiger partial charge in [-0.1, -0.05) is 6.92 Å². The standard InChI is InChI=1S/C5H7F5N/c1-2-11-3-4(6,7)5(8,9)10/h2-3H2,1H3. The van der Waals surface area contributed by atoms with Gasteiger partial charge >= 0.3 is 12.1 Å². The Bertz CT molecular complexity index is 119. The monoisotopic (exact) mass is 176 g/mol. The first kappa shape index (κ1) is 10.6. The summed E-state index contributed by atoms with van der Waals surface area (Å²) in [6.07, 6.45) is -5.48. The Balaban J connectivity index is 4.00. The fourth-order valence-electron chi connectivity index (χ4n) is 0.342. The van der Waals surface area contributed by atoms with E-state index in [1.165, 1.54) is 6.92 Å². The average Bonchev–Trinajstić information content (AvgIpc) is 1.81. The van der Waals surface area contributed by atoms with Crippen LogP contribution in [0.25, 0.3) is 0 Å². The van der Waals surface area contributed by atoms with Crippen LogP contribution in [0.5, 0.6) is 0 Å². The fourth-order valence-corrected chi connectivity index (χ4v) is 0.342. The molecule has 0 aromatic heterocycles. The second-order valence-electron chi connectivity index (χ2n) is 1.90. The highest BCUT2D eigenvalue weighted by Crippen LogP contribution is 2.34. The van der Waals surface area contributed by atoms with Crippen molar-refractivity contribution in [2.75, 3.05) is 13.1 Å². The minimum atomic E-state index is -5.48. The van der Waals surface area contributed by atoms with Gasteiger partial charge in [-0.25, -0.2) is 5.32 Å². The predicted octanol–water partition coefficient (Wildman–Crippen LogP) is 1.81. The van der Waals surface area contributed by atoms with Gasteiger partial charge in [0.2, 0.25) is 0 Å². The Hall–Kier alpha value is -0.390. The summed E-state index contributed by atoms with van der Waals surface area (Å²) in [7, 11) is 0. The van der Waals surface area contributed by atoms with E-state index in [2.05, 4.69) is 5.32 Å². The maximum Gasteiger partial charge on any atom is 0.454 e. The molecule has 0 aliphatic carbocycles. The summed E-state index contributed by atoms with van der Waals surface area (Å²) in [5, 5.41) is 2.94. The number of alkyl halides is 5. The molecule has 0 aromatic rings. The molecule has 6 heteroatoms. The lowest BCUT2D eigenvalue weighted by Crippen LogP contribution is -2.43. The Kier molecular flexibility index (Phi) is 3.22. The maximum atomic E-state index is 11.9. The van der Waals surface area contributed by atoms with E-state index in [-0.39, 0.29) is 6.54 Å². The van der Waals surface area contributed by atoms with Crippen LogP contribution in [0.1, 0.15) is 6.92 Å². The average molecular weight is 176 g/mol. The summed E-state index contributed by atoms with van der Waals surface area (Å²) in [6.45, 7) is -0.120. The first-order valence-corrected chi connectivity index (χ1v) is 2.89. The molecule has 0 saturated carbocycles. The van der Waals surface area contributed by atoms with Crippen LogP contribution < -0.4 is 5.32 Å². The highest BCUT2D eigenvalue weighted by atomic mass is 19.4. The van der Waals surface area contributed by atoms with Gasteiger partial charge in [0.1, 0.15) is 0 Å². The topological polar surface area (TPSA) is 14.1 Å². The minimum Gasteiger partial charge on any atom is -0.235 e. The molecule has 0 aromatic carbocycles. The summed E-state index contributed by atoms with van der Waals surface area (Å²) in [6, 6.07) is 0. The lowest BCUT2D eigenvalue weighted by molar-refractivity contribution is -0.279. The maximum absolute atomic E-state index is 11.9. The van der Waals surface area contributed by atoms with Crippen molar-refractivity contribution in [3.8, 4) is 0 Å². The molecule has 0 amide bonds. The van der Waals surface area contributed by atoms with Crippen molar-refractivity contribution >= 4 is 0 Å². The van der Waals surface area contributed by atoms with Gasteiger partial charge in [0, 0.05) is 6.54 Å². The molecule has 0 aliphatic heterocycles. The van der Waals surface area contributed by atoms with Crippen LogP contribution >= 0.6 is 0 Å². The van der Waals surface area contributed by atoms with E-state index in [1.807, 2.05) is 0 Å². The molecule has 0 rings (SSSR count). The largest absolute Gasteiger partial charge is 0.454 e. The Morgan fingerprint density at radius 1 is 1.09 bits per heavy atom. The lowest BCUT2D eigenvalue weighted by Gasteiger charge is -2.18. The van der Waals surface area contributed by atoms with Crippen molar-refractivity contribution in [1.82, 2.24) is 5.32 Å². The molecule has 0 saturated heterocycles. The van der Waals surface area contributed by atoms with Crippen LogP contribution in [-0.4, -0.2) is 25.2 Å². The van der Waals surface area contributed by atoms with Crippen LogP contribution in [0.3, 0.4) is 0 Å². The zero-order valence-electron chi connectivity index (χ0n) is 5.75. The van der Waals surface area contributed by atoms with Gasteiger partial charge in [0.05, 0.1) is 6.54 Å². The van der Waals surface area contributed by atoms with Crippen molar-refractivity contribution in [3.63, 3.8) is 0 Å². The van der Waals surface area contributed by atoms with Crippen LogP contribution in [0.15, 0.2) is 0 Å². The van der Waals surface area contributed by atoms with Crippen LogP contribution in [0.4, 0.5) is 22.0 Å². The molecule has 0 bridgehead atoms. The molecule has 11 heavy (non-hydrogen) atoms. The van der Waals surface area contributed by atoms with Gasteiger partial charge in [-0.2, -0.15) is 22.0 Å². The van der Waals surface area contributed by atoms with E-state index in [4.69, 9.17) is 0 Å². The van der Waals surface area contributed by atoms with E-state index in [1.54, 1.807) is 0 Å². The molecule has 0 heterocycles. The second kappa shape index (κ2) is 3.34. The summed E-state index contributed by atoms with van der Waals surface area (Å²) in [5.74, 6) is -4.68. The third kappa shape index (κ3) is 3.00. The summed E-state index contributed by atoms with van der Waals surface area (Å²) in [5.41, 5.74) is 0. The zero-order valence-corrected chi connectivity index (χ0v) is 5.75. The van der Waals surface area contributed by atoms with Crippen LogP contribution in [-0.2, 0) is 0 Å². The number of halogens is 5. The molecule has 0 N–H and O–H groups in total. The molecular weight excluding hydrogens is 169 g/mol. The van der Waals surface area contributed by atoms with Crippen molar-refractivity contribution in [2.45, 2.75) is 19.0 Å². The highest BCUT2D eigenvalue weighted by Gasteiger charge is 2.57. The van der Waals surface area contributed by atoms with E-state index in [0.717, 1.165) is 0 Å². The first-order valence-electron chi connectivity index (χ1n) is 2.89. The van der Waals surface area contributed by atoms with Crippen LogP contribution in [0, 0.1) is 0 Å². The van der Waals surface area contributed by atoms with Crippen molar-refractivity contribution in [1.29, 1.82) is 0 Å². The van der Waals surface area contributed by atoms with Crippen molar-refractivity contribution in [2.24, 2.45) is 0 Å².